The zero-order valence-electron chi connectivity index (χ0n) is 13.3. The van der Waals surface area contributed by atoms with Crippen molar-refractivity contribution in [2.75, 3.05) is 11.9 Å². The van der Waals surface area contributed by atoms with Gasteiger partial charge in [-0.05, 0) is 17.7 Å². The number of hydrogen-bond donors (Lipinski definition) is 2. The number of rotatable bonds is 6. The molecule has 0 aliphatic heterocycles. The average molecular weight is 352 g/mol. The van der Waals surface area contributed by atoms with E-state index in [-0.39, 0.29) is 24.8 Å². The lowest BCUT2D eigenvalue weighted by atomic mass is 10.1. The lowest BCUT2D eigenvalue weighted by Crippen LogP contribution is -2.33. The fraction of sp³-hybridized carbons (Fsp3) is 0.111. The van der Waals surface area contributed by atoms with Crippen LogP contribution in [0.4, 0.5) is 5.13 Å². The molecule has 2 aromatic heterocycles. The Balaban J connectivity index is 1.48. The summed E-state index contributed by atoms with van der Waals surface area (Å²) in [5.74, 6) is -0.509. The number of aromatic nitrogens is 2. The first-order valence-corrected chi connectivity index (χ1v) is 8.55. The average Bonchev–Trinajstić information content (AvgIpc) is 3.10. The number of nitrogens with one attached hydrogen (secondary N) is 2. The number of nitrogens with zero attached hydrogens (tertiary/aromatic N) is 2. The predicted octanol–water partition coefficient (Wildman–Crippen LogP) is 2.50. The van der Waals surface area contributed by atoms with Gasteiger partial charge in [0.25, 0.3) is 0 Å². The maximum absolute atomic E-state index is 11.9. The Bertz CT molecular complexity index is 850. The molecule has 2 heterocycles. The minimum Gasteiger partial charge on any atom is -0.347 e. The molecule has 3 rings (SSSR count). The number of thiazole rings is 1. The van der Waals surface area contributed by atoms with E-state index in [1.165, 1.54) is 11.3 Å². The van der Waals surface area contributed by atoms with Gasteiger partial charge < -0.3 is 10.6 Å². The molecule has 0 aliphatic rings. The van der Waals surface area contributed by atoms with E-state index in [2.05, 4.69) is 20.6 Å². The van der Waals surface area contributed by atoms with Gasteiger partial charge in [-0.2, -0.15) is 0 Å². The van der Waals surface area contributed by atoms with Crippen LogP contribution in [0.2, 0.25) is 0 Å². The van der Waals surface area contributed by atoms with Gasteiger partial charge in [-0.3, -0.25) is 14.6 Å². The predicted molar refractivity (Wildman–Crippen MR) is 97.1 cm³/mol. The Labute approximate surface area is 149 Å². The van der Waals surface area contributed by atoms with Crippen LogP contribution in [0.15, 0.2) is 60.2 Å². The summed E-state index contributed by atoms with van der Waals surface area (Å²) in [7, 11) is 0. The summed E-state index contributed by atoms with van der Waals surface area (Å²) in [6, 6.07) is 13.1. The van der Waals surface area contributed by atoms with Crippen LogP contribution in [0.1, 0.15) is 5.56 Å². The van der Waals surface area contributed by atoms with Gasteiger partial charge in [0.1, 0.15) is 0 Å². The molecule has 0 radical (unpaired) electrons. The molecule has 2 amide bonds. The zero-order valence-corrected chi connectivity index (χ0v) is 14.1. The van der Waals surface area contributed by atoms with Crippen LogP contribution in [-0.2, 0) is 16.0 Å². The normalized spacial score (nSPS) is 10.2. The number of amides is 2. The Morgan fingerprint density at radius 2 is 1.88 bits per heavy atom. The third kappa shape index (κ3) is 4.95. The molecule has 7 heteroatoms. The molecular weight excluding hydrogens is 336 g/mol. The highest BCUT2D eigenvalue weighted by atomic mass is 32.1. The molecule has 3 aromatic rings. The zero-order chi connectivity index (χ0) is 17.5. The quantitative estimate of drug-likeness (QED) is 0.714. The minimum atomic E-state index is -0.312. The molecule has 0 atom stereocenters. The minimum absolute atomic E-state index is 0.0898. The maximum atomic E-state index is 11.9. The summed E-state index contributed by atoms with van der Waals surface area (Å²) >= 11 is 1.33. The van der Waals surface area contributed by atoms with Crippen LogP contribution in [0.3, 0.4) is 0 Å². The van der Waals surface area contributed by atoms with Gasteiger partial charge in [0.15, 0.2) is 5.13 Å². The molecule has 0 saturated heterocycles. The van der Waals surface area contributed by atoms with Crippen molar-refractivity contribution in [3.05, 3.63) is 65.8 Å². The molecule has 0 aliphatic carbocycles. The standard InChI is InChI=1S/C18H16N4O2S/c23-16(9-13-5-2-1-3-6-13)20-11-17(24)22-18-21-15(12-25-18)14-7-4-8-19-10-14/h1-8,10,12H,9,11H2,(H,20,23)(H,21,22,24). The van der Waals surface area contributed by atoms with Crippen molar-refractivity contribution >= 4 is 28.3 Å². The van der Waals surface area contributed by atoms with Gasteiger partial charge in [-0.1, -0.05) is 30.3 Å². The molecule has 25 heavy (non-hydrogen) atoms. The van der Waals surface area contributed by atoms with Crippen molar-refractivity contribution in [2.24, 2.45) is 0 Å². The van der Waals surface area contributed by atoms with E-state index in [1.807, 2.05) is 47.8 Å². The first-order valence-electron chi connectivity index (χ1n) is 7.67. The van der Waals surface area contributed by atoms with Crippen LogP contribution in [0.25, 0.3) is 11.3 Å². The maximum Gasteiger partial charge on any atom is 0.245 e. The SMILES string of the molecule is O=C(Cc1ccccc1)NCC(=O)Nc1nc(-c2cccnc2)cs1. The molecule has 2 N–H and O–H groups in total. The number of carbonyl (C=O) groups is 2. The number of benzene rings is 1. The smallest absolute Gasteiger partial charge is 0.245 e. The van der Waals surface area contributed by atoms with E-state index in [9.17, 15) is 9.59 Å². The summed E-state index contributed by atoms with van der Waals surface area (Å²) in [5.41, 5.74) is 2.54. The molecule has 0 spiro atoms. The van der Waals surface area contributed by atoms with Gasteiger partial charge in [-0.15, -0.1) is 11.3 Å². The van der Waals surface area contributed by atoms with Crippen LogP contribution < -0.4 is 10.6 Å². The van der Waals surface area contributed by atoms with Gasteiger partial charge in [0, 0.05) is 23.3 Å². The Morgan fingerprint density at radius 3 is 2.64 bits per heavy atom. The van der Waals surface area contributed by atoms with E-state index < -0.39 is 0 Å². The molecular formula is C18H16N4O2S. The number of anilines is 1. The van der Waals surface area contributed by atoms with Crippen molar-refractivity contribution in [1.29, 1.82) is 0 Å². The number of carbonyl (C=O) groups excluding carboxylic acids is 2. The summed E-state index contributed by atoms with van der Waals surface area (Å²) in [5, 5.41) is 7.63. The highest BCUT2D eigenvalue weighted by Gasteiger charge is 2.10. The number of hydrogen-bond acceptors (Lipinski definition) is 5. The summed E-state index contributed by atoms with van der Waals surface area (Å²) in [6.45, 7) is -0.0898. The molecule has 0 saturated carbocycles. The second-order valence-electron chi connectivity index (χ2n) is 5.27. The van der Waals surface area contributed by atoms with Crippen molar-refractivity contribution in [1.82, 2.24) is 15.3 Å². The molecule has 0 bridgehead atoms. The third-order valence-electron chi connectivity index (χ3n) is 3.36. The first kappa shape index (κ1) is 16.8. The van der Waals surface area contributed by atoms with Gasteiger partial charge in [0.2, 0.25) is 11.8 Å². The molecule has 0 fully saturated rings. The highest BCUT2D eigenvalue weighted by molar-refractivity contribution is 7.14. The summed E-state index contributed by atoms with van der Waals surface area (Å²) < 4.78 is 0. The van der Waals surface area contributed by atoms with E-state index in [1.54, 1.807) is 12.4 Å². The highest BCUT2D eigenvalue weighted by Crippen LogP contribution is 2.23. The fourth-order valence-electron chi connectivity index (χ4n) is 2.16. The van der Waals surface area contributed by atoms with Crippen LogP contribution in [-0.4, -0.2) is 28.3 Å². The summed E-state index contributed by atoms with van der Waals surface area (Å²) in [4.78, 5) is 32.2. The van der Waals surface area contributed by atoms with Crippen molar-refractivity contribution < 1.29 is 9.59 Å². The topological polar surface area (TPSA) is 84.0 Å². The fourth-order valence-corrected chi connectivity index (χ4v) is 2.90. The Morgan fingerprint density at radius 1 is 1.04 bits per heavy atom. The van der Waals surface area contributed by atoms with Crippen LogP contribution >= 0.6 is 11.3 Å². The molecule has 1 aromatic carbocycles. The first-order chi connectivity index (χ1) is 12.2. The molecule has 126 valence electrons. The largest absolute Gasteiger partial charge is 0.347 e. The van der Waals surface area contributed by atoms with Gasteiger partial charge >= 0.3 is 0 Å². The van der Waals surface area contributed by atoms with Gasteiger partial charge in [0.05, 0.1) is 18.7 Å². The Kier molecular flexibility index (Phi) is 5.48. The third-order valence-corrected chi connectivity index (χ3v) is 4.12. The van der Waals surface area contributed by atoms with Crippen LogP contribution in [0, 0.1) is 0 Å². The monoisotopic (exact) mass is 352 g/mol. The van der Waals surface area contributed by atoms with Crippen LogP contribution in [0.5, 0.6) is 0 Å². The lowest BCUT2D eigenvalue weighted by Gasteiger charge is -2.05. The number of pyridine rings is 1. The van der Waals surface area contributed by atoms with Gasteiger partial charge in [-0.25, -0.2) is 4.98 Å². The van der Waals surface area contributed by atoms with Crippen molar-refractivity contribution in [3.63, 3.8) is 0 Å². The van der Waals surface area contributed by atoms with E-state index >= 15 is 0 Å². The van der Waals surface area contributed by atoms with E-state index in [0.29, 0.717) is 5.13 Å². The van der Waals surface area contributed by atoms with Crippen molar-refractivity contribution in [2.45, 2.75) is 6.42 Å². The Hall–Kier alpha value is -3.06. The lowest BCUT2D eigenvalue weighted by molar-refractivity contribution is -0.123. The molecule has 6 nitrogen and oxygen atoms in total. The van der Waals surface area contributed by atoms with E-state index in [4.69, 9.17) is 0 Å². The second kappa shape index (κ2) is 8.16. The van der Waals surface area contributed by atoms with E-state index in [0.717, 1.165) is 16.8 Å². The summed E-state index contributed by atoms with van der Waals surface area (Å²) in [6.07, 6.45) is 3.65. The van der Waals surface area contributed by atoms with Crippen molar-refractivity contribution in [3.8, 4) is 11.3 Å². The second-order valence-corrected chi connectivity index (χ2v) is 6.12. The molecule has 0 unspecified atom stereocenters.